The molecule has 0 heterocycles. The van der Waals surface area contributed by atoms with Crippen molar-refractivity contribution in [3.8, 4) is 5.75 Å². The number of hydrogen-bond donors (Lipinski definition) is 1. The molecule has 0 aliphatic heterocycles. The van der Waals surface area contributed by atoms with Gasteiger partial charge in [-0.05, 0) is 49.6 Å². The Kier molecular flexibility index (Phi) is 7.69. The van der Waals surface area contributed by atoms with Crippen LogP contribution in [-0.4, -0.2) is 35.4 Å². The molecule has 1 fully saturated rings. The van der Waals surface area contributed by atoms with Crippen molar-refractivity contribution in [3.63, 3.8) is 0 Å². The Balaban J connectivity index is 1.71. The molecule has 0 bridgehead atoms. The third kappa shape index (κ3) is 5.95. The molecule has 160 valence electrons. The van der Waals surface area contributed by atoms with Crippen LogP contribution in [0.1, 0.15) is 38.2 Å². The monoisotopic (exact) mass is 432 g/mol. The first kappa shape index (κ1) is 22.1. The van der Waals surface area contributed by atoms with Crippen molar-refractivity contribution in [2.24, 2.45) is 0 Å². The van der Waals surface area contributed by atoms with Crippen LogP contribution in [0.15, 0.2) is 48.5 Å². The van der Waals surface area contributed by atoms with E-state index in [1.54, 1.807) is 31.2 Å². The van der Waals surface area contributed by atoms with Crippen LogP contribution >= 0.6 is 11.6 Å². The van der Waals surface area contributed by atoms with Crippen molar-refractivity contribution >= 4 is 23.4 Å². The number of para-hydroxylation sites is 1. The lowest BCUT2D eigenvalue weighted by atomic mass is 10.1. The molecule has 5 nitrogen and oxygen atoms in total. The number of amides is 2. The number of nitrogens with zero attached hydrogens (tertiary/aromatic N) is 1. The van der Waals surface area contributed by atoms with E-state index in [4.69, 9.17) is 16.3 Å². The van der Waals surface area contributed by atoms with Crippen LogP contribution in [0, 0.1) is 5.82 Å². The molecule has 0 radical (unpaired) electrons. The van der Waals surface area contributed by atoms with E-state index in [9.17, 15) is 14.0 Å². The number of carbonyl (C=O) groups is 2. The van der Waals surface area contributed by atoms with Crippen molar-refractivity contribution < 1.29 is 18.7 Å². The van der Waals surface area contributed by atoms with E-state index in [1.165, 1.54) is 17.0 Å². The maximum atomic E-state index is 13.8. The summed E-state index contributed by atoms with van der Waals surface area (Å²) >= 11 is 5.95. The van der Waals surface area contributed by atoms with Crippen LogP contribution in [0.2, 0.25) is 5.02 Å². The van der Waals surface area contributed by atoms with Gasteiger partial charge in [-0.25, -0.2) is 4.39 Å². The summed E-state index contributed by atoms with van der Waals surface area (Å²) in [6, 6.07) is 12.4. The van der Waals surface area contributed by atoms with Gasteiger partial charge in [0.25, 0.3) is 5.91 Å². The first-order valence-electron chi connectivity index (χ1n) is 10.2. The van der Waals surface area contributed by atoms with Gasteiger partial charge in [-0.15, -0.1) is 0 Å². The Morgan fingerprint density at radius 2 is 1.83 bits per heavy atom. The Labute approximate surface area is 181 Å². The average molecular weight is 433 g/mol. The summed E-state index contributed by atoms with van der Waals surface area (Å²) in [4.78, 5) is 27.2. The first-order valence-corrected chi connectivity index (χ1v) is 10.5. The van der Waals surface area contributed by atoms with Crippen LogP contribution in [0.25, 0.3) is 0 Å². The van der Waals surface area contributed by atoms with E-state index in [0.29, 0.717) is 5.02 Å². The minimum atomic E-state index is -0.696. The molecule has 3 rings (SSSR count). The van der Waals surface area contributed by atoms with Gasteiger partial charge in [0.15, 0.2) is 18.2 Å². The van der Waals surface area contributed by atoms with E-state index >= 15 is 0 Å². The van der Waals surface area contributed by atoms with E-state index < -0.39 is 17.8 Å². The Hall–Kier alpha value is -2.60. The van der Waals surface area contributed by atoms with Gasteiger partial charge in [-0.3, -0.25) is 9.59 Å². The summed E-state index contributed by atoms with van der Waals surface area (Å²) in [5.41, 5.74) is 0.833. The molecule has 7 heteroatoms. The minimum Gasteiger partial charge on any atom is -0.481 e. The predicted octanol–water partition coefficient (Wildman–Crippen LogP) is 4.33. The van der Waals surface area contributed by atoms with E-state index in [2.05, 4.69) is 5.32 Å². The number of benzene rings is 2. The first-order chi connectivity index (χ1) is 14.4. The second-order valence-electron chi connectivity index (χ2n) is 7.53. The standard InChI is InChI=1S/C23H26ClFN2O3/c1-16(23(29)26-19-6-2-3-7-19)27(14-17-10-12-18(24)13-11-17)22(28)15-30-21-9-5-4-8-20(21)25/h4-5,8-13,16,19H,2-3,6-7,14-15H2,1H3,(H,26,29)/t16-/m1/s1. The summed E-state index contributed by atoms with van der Waals surface area (Å²) in [7, 11) is 0. The molecule has 1 atom stereocenters. The largest absolute Gasteiger partial charge is 0.481 e. The fourth-order valence-electron chi connectivity index (χ4n) is 3.55. The second kappa shape index (κ2) is 10.4. The molecule has 1 aliphatic rings. The van der Waals surface area contributed by atoms with Crippen LogP contribution in [0.5, 0.6) is 5.75 Å². The average Bonchev–Trinajstić information content (AvgIpc) is 3.25. The fourth-order valence-corrected chi connectivity index (χ4v) is 3.67. The SMILES string of the molecule is C[C@H](C(=O)NC1CCCC1)N(Cc1ccc(Cl)cc1)C(=O)COc1ccccc1F. The van der Waals surface area contributed by atoms with Gasteiger partial charge in [0.1, 0.15) is 6.04 Å². The van der Waals surface area contributed by atoms with Crippen molar-refractivity contribution in [2.75, 3.05) is 6.61 Å². The van der Waals surface area contributed by atoms with Gasteiger partial charge >= 0.3 is 0 Å². The molecule has 0 spiro atoms. The van der Waals surface area contributed by atoms with Crippen molar-refractivity contribution in [1.82, 2.24) is 10.2 Å². The van der Waals surface area contributed by atoms with Crippen molar-refractivity contribution in [2.45, 2.75) is 51.2 Å². The molecular formula is C23H26ClFN2O3. The highest BCUT2D eigenvalue weighted by molar-refractivity contribution is 6.30. The maximum Gasteiger partial charge on any atom is 0.261 e. The van der Waals surface area contributed by atoms with Crippen molar-refractivity contribution in [1.29, 1.82) is 0 Å². The zero-order chi connectivity index (χ0) is 21.5. The fraction of sp³-hybridized carbons (Fsp3) is 0.391. The molecule has 2 amide bonds. The predicted molar refractivity (Wildman–Crippen MR) is 114 cm³/mol. The lowest BCUT2D eigenvalue weighted by molar-refractivity contribution is -0.142. The van der Waals surface area contributed by atoms with E-state index in [1.807, 2.05) is 12.1 Å². The summed E-state index contributed by atoms with van der Waals surface area (Å²) in [6.45, 7) is 1.55. The van der Waals surface area contributed by atoms with Gasteiger partial charge in [0.05, 0.1) is 0 Å². The normalized spacial score (nSPS) is 14.9. The van der Waals surface area contributed by atoms with Gasteiger partial charge in [-0.2, -0.15) is 0 Å². The van der Waals surface area contributed by atoms with Gasteiger partial charge in [0.2, 0.25) is 5.91 Å². The Morgan fingerprint density at radius 1 is 1.17 bits per heavy atom. The quantitative estimate of drug-likeness (QED) is 0.675. The molecule has 30 heavy (non-hydrogen) atoms. The lowest BCUT2D eigenvalue weighted by Gasteiger charge is -2.29. The smallest absolute Gasteiger partial charge is 0.261 e. The van der Waals surface area contributed by atoms with Crippen LogP contribution < -0.4 is 10.1 Å². The highest BCUT2D eigenvalue weighted by Gasteiger charge is 2.28. The van der Waals surface area contributed by atoms with E-state index in [-0.39, 0.29) is 30.9 Å². The van der Waals surface area contributed by atoms with Crippen molar-refractivity contribution in [3.05, 3.63) is 64.9 Å². The number of hydrogen-bond acceptors (Lipinski definition) is 3. The molecular weight excluding hydrogens is 407 g/mol. The molecule has 1 N–H and O–H groups in total. The molecule has 0 saturated heterocycles. The highest BCUT2D eigenvalue weighted by atomic mass is 35.5. The van der Waals surface area contributed by atoms with Gasteiger partial charge in [0, 0.05) is 17.6 Å². The number of carbonyl (C=O) groups excluding carboxylic acids is 2. The van der Waals surface area contributed by atoms with Crippen LogP contribution in [0.3, 0.4) is 0 Å². The van der Waals surface area contributed by atoms with E-state index in [0.717, 1.165) is 31.2 Å². The summed E-state index contributed by atoms with van der Waals surface area (Å²) in [5.74, 6) is -1.14. The Morgan fingerprint density at radius 3 is 2.50 bits per heavy atom. The molecule has 0 aromatic heterocycles. The number of ether oxygens (including phenoxy) is 1. The molecule has 2 aromatic rings. The molecule has 2 aromatic carbocycles. The zero-order valence-electron chi connectivity index (χ0n) is 16.9. The second-order valence-corrected chi connectivity index (χ2v) is 7.97. The highest BCUT2D eigenvalue weighted by Crippen LogP contribution is 2.20. The van der Waals surface area contributed by atoms with Crippen LogP contribution in [-0.2, 0) is 16.1 Å². The molecule has 1 saturated carbocycles. The molecule has 1 aliphatic carbocycles. The minimum absolute atomic E-state index is 0.000327. The molecule has 0 unspecified atom stereocenters. The Bertz CT molecular complexity index is 869. The topological polar surface area (TPSA) is 58.6 Å². The number of rotatable bonds is 8. The van der Waals surface area contributed by atoms with Crippen LogP contribution in [0.4, 0.5) is 4.39 Å². The third-order valence-electron chi connectivity index (χ3n) is 5.32. The summed E-state index contributed by atoms with van der Waals surface area (Å²) < 4.78 is 19.2. The number of halogens is 2. The van der Waals surface area contributed by atoms with Gasteiger partial charge in [-0.1, -0.05) is 48.7 Å². The summed E-state index contributed by atoms with van der Waals surface area (Å²) in [6.07, 6.45) is 4.12. The van der Waals surface area contributed by atoms with Gasteiger partial charge < -0.3 is 15.0 Å². The third-order valence-corrected chi connectivity index (χ3v) is 5.57. The zero-order valence-corrected chi connectivity index (χ0v) is 17.7. The summed E-state index contributed by atoms with van der Waals surface area (Å²) in [5, 5.41) is 3.63. The lowest BCUT2D eigenvalue weighted by Crippen LogP contribution is -2.50. The maximum absolute atomic E-state index is 13.8. The number of nitrogens with one attached hydrogen (secondary N) is 1.